The van der Waals surface area contributed by atoms with Gasteiger partial charge in [0.25, 0.3) is 0 Å². The van der Waals surface area contributed by atoms with Crippen molar-refractivity contribution >= 4 is 33.3 Å². The van der Waals surface area contributed by atoms with Crippen LogP contribution in [0.4, 0.5) is 4.79 Å². The Bertz CT molecular complexity index is 838. The number of rotatable bonds is 3. The molecule has 1 aliphatic rings. The van der Waals surface area contributed by atoms with Crippen molar-refractivity contribution in [3.05, 3.63) is 34.8 Å². The molecule has 1 aliphatic heterocycles. The van der Waals surface area contributed by atoms with Crippen molar-refractivity contribution in [2.45, 2.75) is 32.7 Å². The molecule has 1 aromatic heterocycles. The van der Waals surface area contributed by atoms with Gasteiger partial charge in [-0.15, -0.1) is 11.3 Å². The average molecular weight is 359 g/mol. The molecule has 1 aromatic carbocycles. The topological polar surface area (TPSA) is 56.7 Å². The lowest BCUT2D eigenvalue weighted by Crippen LogP contribution is -2.35. The zero-order valence-corrected chi connectivity index (χ0v) is 16.2. The van der Waals surface area contributed by atoms with E-state index in [9.17, 15) is 9.90 Å². The molecule has 0 spiro atoms. The molecule has 134 valence electrons. The van der Waals surface area contributed by atoms with E-state index in [1.165, 1.54) is 4.90 Å². The highest BCUT2D eigenvalue weighted by atomic mass is 32.1. The number of amides is 1. The third-order valence-corrected chi connectivity index (χ3v) is 6.40. The van der Waals surface area contributed by atoms with Crippen LogP contribution in [0.15, 0.2) is 24.3 Å². The van der Waals surface area contributed by atoms with E-state index in [-0.39, 0.29) is 5.54 Å². The molecule has 0 aliphatic carbocycles. The predicted octanol–water partition coefficient (Wildman–Crippen LogP) is 4.45. The minimum atomic E-state index is -0.898. The number of thiazole rings is 1. The number of fused-ring (bicyclic) bond motifs is 1. The molecule has 1 N–H and O–H groups in total. The van der Waals surface area contributed by atoms with E-state index in [2.05, 4.69) is 45.8 Å². The van der Waals surface area contributed by atoms with Crippen molar-refractivity contribution in [1.82, 2.24) is 14.8 Å². The Hall–Kier alpha value is -1.92. The number of nitrogens with zero attached hydrogens (tertiary/aromatic N) is 3. The van der Waals surface area contributed by atoms with Gasteiger partial charge in [-0.25, -0.2) is 9.78 Å². The molecule has 0 saturated heterocycles. The Kier molecular flexibility index (Phi) is 4.60. The van der Waals surface area contributed by atoms with Crippen LogP contribution in [0.1, 0.15) is 37.8 Å². The van der Waals surface area contributed by atoms with Gasteiger partial charge in [0.2, 0.25) is 0 Å². The molecular formula is C19H25N3O2S. The summed E-state index contributed by atoms with van der Waals surface area (Å²) in [5.41, 5.74) is 2.48. The van der Waals surface area contributed by atoms with E-state index in [1.807, 2.05) is 18.2 Å². The van der Waals surface area contributed by atoms with Gasteiger partial charge >= 0.3 is 6.09 Å². The SMILES string of the molecule is C[C@H]1CC=C(c2ccc3sc(C(C)(C)N(C)C)nc3c2)N(C(=O)O)C1. The number of carboxylic acid groups (broad SMARTS) is 1. The summed E-state index contributed by atoms with van der Waals surface area (Å²) in [6, 6.07) is 6.07. The van der Waals surface area contributed by atoms with Crippen LogP contribution in [0.2, 0.25) is 0 Å². The summed E-state index contributed by atoms with van der Waals surface area (Å²) in [4.78, 5) is 20.1. The number of allylic oxidation sites excluding steroid dienone is 1. The maximum atomic E-state index is 11.6. The van der Waals surface area contributed by atoms with Gasteiger partial charge < -0.3 is 5.11 Å². The molecule has 0 unspecified atom stereocenters. The summed E-state index contributed by atoms with van der Waals surface area (Å²) in [5.74, 6) is 0.343. The van der Waals surface area contributed by atoms with Gasteiger partial charge in [0.15, 0.2) is 0 Å². The van der Waals surface area contributed by atoms with E-state index < -0.39 is 6.09 Å². The first-order valence-electron chi connectivity index (χ1n) is 8.49. The van der Waals surface area contributed by atoms with E-state index in [1.54, 1.807) is 11.3 Å². The zero-order valence-electron chi connectivity index (χ0n) is 15.4. The summed E-state index contributed by atoms with van der Waals surface area (Å²) < 4.78 is 1.13. The van der Waals surface area contributed by atoms with Gasteiger partial charge in [-0.05, 0) is 52.4 Å². The van der Waals surface area contributed by atoms with Crippen molar-refractivity contribution in [3.63, 3.8) is 0 Å². The van der Waals surface area contributed by atoms with Gasteiger partial charge in [-0.3, -0.25) is 9.80 Å². The Morgan fingerprint density at radius 1 is 1.40 bits per heavy atom. The molecule has 0 fully saturated rings. The fraction of sp³-hybridized carbons (Fsp3) is 0.474. The summed E-state index contributed by atoms with van der Waals surface area (Å²) in [7, 11) is 4.10. The smallest absolute Gasteiger partial charge is 0.411 e. The lowest BCUT2D eigenvalue weighted by molar-refractivity contribution is 0.159. The molecule has 2 aromatic rings. The van der Waals surface area contributed by atoms with E-state index in [4.69, 9.17) is 4.98 Å². The molecule has 2 heterocycles. The van der Waals surface area contributed by atoms with E-state index >= 15 is 0 Å². The standard InChI is InChI=1S/C19H25N3O2S/c1-12-6-8-15(22(11-12)18(23)24)13-7-9-16-14(10-13)20-17(25-16)19(2,3)21(4)5/h7-10,12H,6,11H2,1-5H3,(H,23,24)/t12-/m0/s1. The molecule has 1 amide bonds. The van der Waals surface area contributed by atoms with Gasteiger partial charge in [0.1, 0.15) is 5.01 Å². The molecule has 1 atom stereocenters. The van der Waals surface area contributed by atoms with Crippen molar-refractivity contribution in [2.24, 2.45) is 5.92 Å². The summed E-state index contributed by atoms with van der Waals surface area (Å²) in [5, 5.41) is 10.6. The minimum absolute atomic E-state index is 0.142. The summed E-state index contributed by atoms with van der Waals surface area (Å²) in [6.07, 6.45) is 2.03. The summed E-state index contributed by atoms with van der Waals surface area (Å²) in [6.45, 7) is 6.92. The molecule has 3 rings (SSSR count). The molecule has 5 nitrogen and oxygen atoms in total. The van der Waals surface area contributed by atoms with Gasteiger partial charge in [0.05, 0.1) is 21.5 Å². The fourth-order valence-electron chi connectivity index (χ4n) is 2.90. The number of carbonyl (C=O) groups is 1. The van der Waals surface area contributed by atoms with Crippen LogP contribution in [0.5, 0.6) is 0 Å². The Balaban J connectivity index is 2.03. The van der Waals surface area contributed by atoms with Crippen LogP contribution in [0.3, 0.4) is 0 Å². The predicted molar refractivity (Wildman–Crippen MR) is 103 cm³/mol. The van der Waals surface area contributed by atoms with Crippen LogP contribution in [0.25, 0.3) is 15.9 Å². The van der Waals surface area contributed by atoms with Crippen LogP contribution in [0, 0.1) is 5.92 Å². The third kappa shape index (κ3) is 3.28. The zero-order chi connectivity index (χ0) is 18.4. The molecular weight excluding hydrogens is 334 g/mol. The lowest BCUT2D eigenvalue weighted by atomic mass is 9.98. The third-order valence-electron chi connectivity index (χ3n) is 5.05. The number of benzene rings is 1. The van der Waals surface area contributed by atoms with Crippen LogP contribution in [-0.2, 0) is 5.54 Å². The quantitative estimate of drug-likeness (QED) is 0.879. The van der Waals surface area contributed by atoms with Crippen LogP contribution in [-0.4, -0.2) is 46.6 Å². The Morgan fingerprint density at radius 2 is 2.12 bits per heavy atom. The normalized spacial score (nSPS) is 18.7. The van der Waals surface area contributed by atoms with Crippen molar-refractivity contribution in [3.8, 4) is 0 Å². The largest absolute Gasteiger partial charge is 0.465 e. The van der Waals surface area contributed by atoms with Crippen LogP contribution >= 0.6 is 11.3 Å². The van der Waals surface area contributed by atoms with Crippen molar-refractivity contribution in [1.29, 1.82) is 0 Å². The number of hydrogen-bond acceptors (Lipinski definition) is 4. The molecule has 25 heavy (non-hydrogen) atoms. The molecule has 0 radical (unpaired) electrons. The second-order valence-electron chi connectivity index (χ2n) is 7.48. The molecule has 0 saturated carbocycles. The van der Waals surface area contributed by atoms with Crippen LogP contribution < -0.4 is 0 Å². The van der Waals surface area contributed by atoms with E-state index in [0.717, 1.165) is 32.9 Å². The maximum Gasteiger partial charge on any atom is 0.411 e. The lowest BCUT2D eigenvalue weighted by Gasteiger charge is -2.30. The highest BCUT2D eigenvalue weighted by molar-refractivity contribution is 7.18. The van der Waals surface area contributed by atoms with E-state index in [0.29, 0.717) is 12.5 Å². The maximum absolute atomic E-state index is 11.6. The fourth-order valence-corrected chi connectivity index (χ4v) is 4.03. The first-order chi connectivity index (χ1) is 11.7. The molecule has 0 bridgehead atoms. The summed E-state index contributed by atoms with van der Waals surface area (Å²) >= 11 is 1.69. The second kappa shape index (κ2) is 6.42. The first-order valence-corrected chi connectivity index (χ1v) is 9.31. The average Bonchev–Trinajstić information content (AvgIpc) is 2.98. The minimum Gasteiger partial charge on any atom is -0.465 e. The van der Waals surface area contributed by atoms with Gasteiger partial charge in [-0.1, -0.05) is 19.1 Å². The first kappa shape index (κ1) is 17.9. The van der Waals surface area contributed by atoms with Crippen molar-refractivity contribution < 1.29 is 9.90 Å². The highest BCUT2D eigenvalue weighted by Crippen LogP contribution is 2.35. The number of aromatic nitrogens is 1. The van der Waals surface area contributed by atoms with Gasteiger partial charge in [0, 0.05) is 12.1 Å². The van der Waals surface area contributed by atoms with Gasteiger partial charge in [-0.2, -0.15) is 0 Å². The van der Waals surface area contributed by atoms with Crippen molar-refractivity contribution in [2.75, 3.05) is 20.6 Å². The Labute approximate surface area is 152 Å². The monoisotopic (exact) mass is 359 g/mol. The molecule has 6 heteroatoms. The highest BCUT2D eigenvalue weighted by Gasteiger charge is 2.28. The Morgan fingerprint density at radius 3 is 2.76 bits per heavy atom. The second-order valence-corrected chi connectivity index (χ2v) is 8.51. The number of hydrogen-bond donors (Lipinski definition) is 1.